The van der Waals surface area contributed by atoms with Crippen molar-refractivity contribution in [1.29, 1.82) is 0 Å². The summed E-state index contributed by atoms with van der Waals surface area (Å²) < 4.78 is 10.1. The van der Waals surface area contributed by atoms with Gasteiger partial charge in [-0.25, -0.2) is 4.79 Å². The molecule has 0 radical (unpaired) electrons. The van der Waals surface area contributed by atoms with E-state index in [0.29, 0.717) is 5.56 Å². The van der Waals surface area contributed by atoms with Crippen molar-refractivity contribution in [3.05, 3.63) is 29.8 Å². The Morgan fingerprint density at radius 2 is 1.82 bits per heavy atom. The Morgan fingerprint density at radius 3 is 2.32 bits per heavy atom. The van der Waals surface area contributed by atoms with Gasteiger partial charge in [-0.3, -0.25) is 4.79 Å². The van der Waals surface area contributed by atoms with E-state index in [9.17, 15) is 14.7 Å². The van der Waals surface area contributed by atoms with Crippen molar-refractivity contribution in [1.82, 2.24) is 5.32 Å². The second-order valence-electron chi connectivity index (χ2n) is 5.80. The first kappa shape index (κ1) is 17.8. The molecule has 0 aliphatic carbocycles. The SMILES string of the molecule is CCOC(=O)C[C@H](NC(=O)OC(C)(C)C)c1ccc(O)cc1. The third-order valence-corrected chi connectivity index (χ3v) is 2.66. The number of nitrogens with one attached hydrogen (secondary N) is 1. The third kappa shape index (κ3) is 6.47. The Kier molecular flexibility index (Phi) is 6.22. The van der Waals surface area contributed by atoms with E-state index >= 15 is 0 Å². The highest BCUT2D eigenvalue weighted by Gasteiger charge is 2.23. The van der Waals surface area contributed by atoms with Gasteiger partial charge in [0.15, 0.2) is 0 Å². The molecule has 122 valence electrons. The van der Waals surface area contributed by atoms with Crippen LogP contribution in [0, 0.1) is 0 Å². The predicted octanol–water partition coefficient (Wildman–Crippen LogP) is 2.91. The molecule has 0 unspecified atom stereocenters. The molecule has 2 N–H and O–H groups in total. The van der Waals surface area contributed by atoms with Crippen LogP contribution in [0.3, 0.4) is 0 Å². The Bertz CT molecular complexity index is 504. The number of hydrogen-bond acceptors (Lipinski definition) is 5. The summed E-state index contributed by atoms with van der Waals surface area (Å²) in [5.74, 6) is -0.312. The number of rotatable bonds is 5. The van der Waals surface area contributed by atoms with Crippen LogP contribution in [0.1, 0.15) is 45.7 Å². The minimum Gasteiger partial charge on any atom is -0.508 e. The lowest BCUT2D eigenvalue weighted by atomic mass is 10.0. The predicted molar refractivity (Wildman–Crippen MR) is 81.5 cm³/mol. The molecule has 0 aromatic heterocycles. The lowest BCUT2D eigenvalue weighted by Gasteiger charge is -2.23. The maximum Gasteiger partial charge on any atom is 0.408 e. The zero-order valence-corrected chi connectivity index (χ0v) is 13.4. The lowest BCUT2D eigenvalue weighted by molar-refractivity contribution is -0.143. The van der Waals surface area contributed by atoms with E-state index in [0.717, 1.165) is 0 Å². The zero-order chi connectivity index (χ0) is 16.8. The summed E-state index contributed by atoms with van der Waals surface area (Å²) in [6.07, 6.45) is -0.632. The number of carbonyl (C=O) groups is 2. The number of phenolic OH excluding ortho intramolecular Hbond substituents is 1. The number of alkyl carbamates (subject to hydrolysis) is 1. The van der Waals surface area contributed by atoms with Gasteiger partial charge in [0, 0.05) is 0 Å². The van der Waals surface area contributed by atoms with E-state index < -0.39 is 23.7 Å². The summed E-state index contributed by atoms with van der Waals surface area (Å²) in [5.41, 5.74) is 0.0461. The minimum absolute atomic E-state index is 0.0160. The first-order chi connectivity index (χ1) is 10.2. The summed E-state index contributed by atoms with van der Waals surface area (Å²) in [6, 6.07) is 5.66. The van der Waals surface area contributed by atoms with Crippen LogP contribution >= 0.6 is 0 Å². The van der Waals surface area contributed by atoms with Crippen molar-refractivity contribution in [2.45, 2.75) is 45.8 Å². The highest BCUT2D eigenvalue weighted by molar-refractivity contribution is 5.73. The topological polar surface area (TPSA) is 84.9 Å². The first-order valence-electron chi connectivity index (χ1n) is 7.15. The normalized spacial score (nSPS) is 12.4. The number of aromatic hydroxyl groups is 1. The number of esters is 1. The van der Waals surface area contributed by atoms with Gasteiger partial charge < -0.3 is 19.9 Å². The van der Waals surface area contributed by atoms with E-state index in [1.165, 1.54) is 12.1 Å². The van der Waals surface area contributed by atoms with Crippen LogP contribution in [0.5, 0.6) is 5.75 Å². The van der Waals surface area contributed by atoms with Crippen LogP contribution in [0.15, 0.2) is 24.3 Å². The number of ether oxygens (including phenoxy) is 2. The van der Waals surface area contributed by atoms with Gasteiger partial charge in [0.25, 0.3) is 0 Å². The van der Waals surface area contributed by atoms with Crippen molar-refractivity contribution >= 4 is 12.1 Å². The quantitative estimate of drug-likeness (QED) is 0.817. The molecule has 0 saturated carbocycles. The third-order valence-electron chi connectivity index (χ3n) is 2.66. The molecule has 1 rings (SSSR count). The molecule has 0 spiro atoms. The standard InChI is InChI=1S/C16H23NO5/c1-5-21-14(19)10-13(11-6-8-12(18)9-7-11)17-15(20)22-16(2,3)4/h6-9,13,18H,5,10H2,1-4H3,(H,17,20)/t13-/m0/s1. The van der Waals surface area contributed by atoms with E-state index in [-0.39, 0.29) is 18.8 Å². The van der Waals surface area contributed by atoms with Gasteiger partial charge in [0.2, 0.25) is 0 Å². The molecule has 0 heterocycles. The maximum atomic E-state index is 11.9. The van der Waals surface area contributed by atoms with Gasteiger partial charge in [-0.05, 0) is 45.4 Å². The second kappa shape index (κ2) is 7.68. The van der Waals surface area contributed by atoms with Crippen molar-refractivity contribution in [3.63, 3.8) is 0 Å². The number of hydrogen-bond donors (Lipinski definition) is 2. The molecule has 0 bridgehead atoms. The zero-order valence-electron chi connectivity index (χ0n) is 13.4. The Balaban J connectivity index is 2.84. The summed E-state index contributed by atoms with van der Waals surface area (Å²) in [5, 5.41) is 12.0. The molecule has 1 aromatic rings. The monoisotopic (exact) mass is 309 g/mol. The van der Waals surface area contributed by atoms with Crippen molar-refractivity contribution in [3.8, 4) is 5.75 Å². The Hall–Kier alpha value is -2.24. The van der Waals surface area contributed by atoms with Gasteiger partial charge >= 0.3 is 12.1 Å². The van der Waals surface area contributed by atoms with E-state index in [4.69, 9.17) is 9.47 Å². The lowest BCUT2D eigenvalue weighted by Crippen LogP contribution is -2.36. The van der Waals surface area contributed by atoms with Gasteiger partial charge in [-0.15, -0.1) is 0 Å². The first-order valence-corrected chi connectivity index (χ1v) is 7.15. The Labute approximate surface area is 130 Å². The van der Waals surface area contributed by atoms with Crippen LogP contribution < -0.4 is 5.32 Å². The maximum absolute atomic E-state index is 11.9. The average molecular weight is 309 g/mol. The molecule has 0 fully saturated rings. The number of phenols is 1. The highest BCUT2D eigenvalue weighted by Crippen LogP contribution is 2.21. The molecule has 6 heteroatoms. The molecule has 1 aromatic carbocycles. The number of amides is 1. The fourth-order valence-corrected chi connectivity index (χ4v) is 1.80. The largest absolute Gasteiger partial charge is 0.508 e. The van der Waals surface area contributed by atoms with Crippen LogP contribution in [-0.2, 0) is 14.3 Å². The van der Waals surface area contributed by atoms with Crippen LogP contribution in [-0.4, -0.2) is 29.4 Å². The Morgan fingerprint density at radius 1 is 1.23 bits per heavy atom. The van der Waals surface area contributed by atoms with Crippen molar-refractivity contribution < 1.29 is 24.2 Å². The molecule has 0 aliphatic rings. The molecular weight excluding hydrogens is 286 g/mol. The highest BCUT2D eigenvalue weighted by atomic mass is 16.6. The molecule has 1 amide bonds. The van der Waals surface area contributed by atoms with Gasteiger partial charge in [-0.2, -0.15) is 0 Å². The van der Waals surface area contributed by atoms with Crippen LogP contribution in [0.25, 0.3) is 0 Å². The number of benzene rings is 1. The molecule has 22 heavy (non-hydrogen) atoms. The van der Waals surface area contributed by atoms with Crippen molar-refractivity contribution in [2.24, 2.45) is 0 Å². The average Bonchev–Trinajstić information content (AvgIpc) is 2.36. The molecule has 0 saturated heterocycles. The van der Waals surface area contributed by atoms with E-state index in [1.807, 2.05) is 0 Å². The molecule has 1 atom stereocenters. The fraction of sp³-hybridized carbons (Fsp3) is 0.500. The van der Waals surface area contributed by atoms with E-state index in [1.54, 1.807) is 39.8 Å². The summed E-state index contributed by atoms with van der Waals surface area (Å²) >= 11 is 0. The molecule has 6 nitrogen and oxygen atoms in total. The molecular formula is C16H23NO5. The van der Waals surface area contributed by atoms with Gasteiger partial charge in [0.05, 0.1) is 19.1 Å². The van der Waals surface area contributed by atoms with Gasteiger partial charge in [-0.1, -0.05) is 12.1 Å². The van der Waals surface area contributed by atoms with E-state index in [2.05, 4.69) is 5.32 Å². The summed E-state index contributed by atoms with van der Waals surface area (Å²) in [4.78, 5) is 23.6. The molecule has 0 aliphatic heterocycles. The van der Waals surface area contributed by atoms with Crippen molar-refractivity contribution in [2.75, 3.05) is 6.61 Å². The summed E-state index contributed by atoms with van der Waals surface area (Å²) in [6.45, 7) is 7.26. The smallest absolute Gasteiger partial charge is 0.408 e. The minimum atomic E-state index is -0.631. The van der Waals surface area contributed by atoms with Gasteiger partial charge in [0.1, 0.15) is 11.4 Å². The number of carbonyl (C=O) groups excluding carboxylic acids is 2. The summed E-state index contributed by atoms with van der Waals surface area (Å²) in [7, 11) is 0. The van der Waals surface area contributed by atoms with Crippen LogP contribution in [0.4, 0.5) is 4.79 Å². The fourth-order valence-electron chi connectivity index (χ4n) is 1.80. The second-order valence-corrected chi connectivity index (χ2v) is 5.80. The van der Waals surface area contributed by atoms with Crippen LogP contribution in [0.2, 0.25) is 0 Å².